The summed E-state index contributed by atoms with van der Waals surface area (Å²) in [7, 11) is 0. The lowest BCUT2D eigenvalue weighted by atomic mass is 10.1. The molecule has 1 rings (SSSR count). The molecule has 0 radical (unpaired) electrons. The summed E-state index contributed by atoms with van der Waals surface area (Å²) < 4.78 is 13.2. The van der Waals surface area contributed by atoms with Crippen LogP contribution in [0.3, 0.4) is 0 Å². The van der Waals surface area contributed by atoms with E-state index in [9.17, 15) is 9.18 Å². The average molecular weight is 262 g/mol. The van der Waals surface area contributed by atoms with Gasteiger partial charge in [-0.25, -0.2) is 9.18 Å². The second-order valence-corrected chi connectivity index (χ2v) is 3.48. The molecule has 1 aromatic carbocycles. The number of anilines is 1. The van der Waals surface area contributed by atoms with E-state index in [1.807, 2.05) is 5.32 Å². The first-order chi connectivity index (χ1) is 6.63. The number of rotatable bonds is 3. The number of halogens is 2. The number of alkyl halides is 1. The summed E-state index contributed by atoms with van der Waals surface area (Å²) in [5.41, 5.74) is 0.811. The Morgan fingerprint density at radius 1 is 1.57 bits per heavy atom. The van der Waals surface area contributed by atoms with Crippen LogP contribution in [-0.2, 0) is 6.42 Å². The van der Waals surface area contributed by atoms with Crippen LogP contribution in [-0.4, -0.2) is 16.5 Å². The van der Waals surface area contributed by atoms with Crippen LogP contribution in [0, 0.1) is 5.82 Å². The zero-order valence-corrected chi connectivity index (χ0v) is 8.84. The number of aryl methyl sites for hydroxylation is 1. The van der Waals surface area contributed by atoms with Crippen molar-refractivity contribution in [2.24, 2.45) is 0 Å². The van der Waals surface area contributed by atoms with Gasteiger partial charge in [-0.2, -0.15) is 0 Å². The average Bonchev–Trinajstić information content (AvgIpc) is 2.10. The molecule has 0 spiro atoms. The minimum atomic E-state index is -1.27. The predicted octanol–water partition coefficient (Wildman–Crippen LogP) is 2.85. The molecule has 0 bridgehead atoms. The molecule has 0 saturated heterocycles. The zero-order chi connectivity index (χ0) is 10.6. The van der Waals surface area contributed by atoms with Crippen molar-refractivity contribution in [1.29, 1.82) is 0 Å². The van der Waals surface area contributed by atoms with Gasteiger partial charge in [0.15, 0.2) is 0 Å². The van der Waals surface area contributed by atoms with E-state index in [2.05, 4.69) is 15.9 Å². The van der Waals surface area contributed by atoms with Crippen LogP contribution in [0.1, 0.15) is 5.56 Å². The van der Waals surface area contributed by atoms with Crippen molar-refractivity contribution in [3.05, 3.63) is 29.6 Å². The number of benzene rings is 1. The molecule has 1 amide bonds. The van der Waals surface area contributed by atoms with Gasteiger partial charge in [-0.3, -0.25) is 5.32 Å². The summed E-state index contributed by atoms with van der Waals surface area (Å²) in [6, 6.07) is 4.43. The van der Waals surface area contributed by atoms with Crippen LogP contribution in [0.2, 0.25) is 0 Å². The highest BCUT2D eigenvalue weighted by Crippen LogP contribution is 2.16. The van der Waals surface area contributed by atoms with Gasteiger partial charge < -0.3 is 5.11 Å². The van der Waals surface area contributed by atoms with E-state index in [0.29, 0.717) is 6.42 Å². The Bertz CT molecular complexity index is 344. The normalized spacial score (nSPS) is 9.86. The Kier molecular flexibility index (Phi) is 3.88. The van der Waals surface area contributed by atoms with E-state index in [0.717, 1.165) is 10.9 Å². The van der Waals surface area contributed by atoms with E-state index in [4.69, 9.17) is 5.11 Å². The van der Waals surface area contributed by atoms with E-state index < -0.39 is 11.9 Å². The molecule has 3 nitrogen and oxygen atoms in total. The molecular formula is C9H9BrFNO2. The number of hydrogen-bond donors (Lipinski definition) is 2. The molecule has 0 fully saturated rings. The van der Waals surface area contributed by atoms with Gasteiger partial charge in [-0.05, 0) is 24.1 Å². The van der Waals surface area contributed by atoms with Gasteiger partial charge in [0.2, 0.25) is 0 Å². The molecule has 0 aliphatic rings. The van der Waals surface area contributed by atoms with Crippen LogP contribution in [0.25, 0.3) is 0 Å². The maximum absolute atomic E-state index is 13.2. The Morgan fingerprint density at radius 3 is 2.79 bits per heavy atom. The molecule has 1 aromatic rings. The van der Waals surface area contributed by atoms with Crippen molar-refractivity contribution in [2.75, 3.05) is 10.6 Å². The van der Waals surface area contributed by atoms with Gasteiger partial charge in [0.05, 0.1) is 5.69 Å². The third kappa shape index (κ3) is 2.99. The first-order valence-electron chi connectivity index (χ1n) is 3.98. The topological polar surface area (TPSA) is 49.3 Å². The lowest BCUT2D eigenvalue weighted by Crippen LogP contribution is -2.08. The minimum Gasteiger partial charge on any atom is -0.465 e. The van der Waals surface area contributed by atoms with E-state index >= 15 is 0 Å². The molecule has 14 heavy (non-hydrogen) atoms. The maximum Gasteiger partial charge on any atom is 0.409 e. The Balaban J connectivity index is 2.84. The van der Waals surface area contributed by atoms with Crippen LogP contribution in [0.5, 0.6) is 0 Å². The highest BCUT2D eigenvalue weighted by atomic mass is 79.9. The summed E-state index contributed by atoms with van der Waals surface area (Å²) >= 11 is 3.24. The Labute approximate surface area is 89.1 Å². The van der Waals surface area contributed by atoms with E-state index in [1.54, 1.807) is 6.07 Å². The Hall–Kier alpha value is -1.10. The van der Waals surface area contributed by atoms with Crippen molar-refractivity contribution >= 4 is 27.7 Å². The first-order valence-corrected chi connectivity index (χ1v) is 5.10. The number of amides is 1. The Morgan fingerprint density at radius 2 is 2.29 bits per heavy atom. The number of carboxylic acid groups (broad SMARTS) is 1. The van der Waals surface area contributed by atoms with E-state index in [-0.39, 0.29) is 5.69 Å². The van der Waals surface area contributed by atoms with Crippen LogP contribution < -0.4 is 5.32 Å². The van der Waals surface area contributed by atoms with Gasteiger partial charge in [-0.15, -0.1) is 0 Å². The largest absolute Gasteiger partial charge is 0.465 e. The lowest BCUT2D eigenvalue weighted by Gasteiger charge is -2.04. The fourth-order valence-electron chi connectivity index (χ4n) is 1.04. The maximum atomic E-state index is 13.2. The first kappa shape index (κ1) is 11.0. The van der Waals surface area contributed by atoms with Gasteiger partial charge >= 0.3 is 6.09 Å². The standard InChI is InChI=1S/C9H9BrFNO2/c10-4-3-6-1-2-8(7(11)5-6)12-9(13)14/h1-2,5,12H,3-4H2,(H,13,14). The second-order valence-electron chi connectivity index (χ2n) is 2.68. The molecule has 5 heteroatoms. The third-order valence-electron chi connectivity index (χ3n) is 1.66. The SMILES string of the molecule is O=C(O)Nc1ccc(CCBr)cc1F. The minimum absolute atomic E-state index is 0.0178. The summed E-state index contributed by atoms with van der Waals surface area (Å²) in [5, 5.41) is 11.1. The highest BCUT2D eigenvalue weighted by molar-refractivity contribution is 9.09. The summed E-state index contributed by atoms with van der Waals surface area (Å²) in [5.74, 6) is -0.550. The van der Waals surface area contributed by atoms with Gasteiger partial charge in [0.25, 0.3) is 0 Å². The molecule has 0 saturated carbocycles. The lowest BCUT2D eigenvalue weighted by molar-refractivity contribution is 0.209. The monoisotopic (exact) mass is 261 g/mol. The van der Waals surface area contributed by atoms with Gasteiger partial charge in [0, 0.05) is 5.33 Å². The highest BCUT2D eigenvalue weighted by Gasteiger charge is 2.05. The fraction of sp³-hybridized carbons (Fsp3) is 0.222. The smallest absolute Gasteiger partial charge is 0.409 e. The number of hydrogen-bond acceptors (Lipinski definition) is 1. The van der Waals surface area contributed by atoms with Crippen molar-refractivity contribution < 1.29 is 14.3 Å². The van der Waals surface area contributed by atoms with Crippen LogP contribution >= 0.6 is 15.9 Å². The molecular weight excluding hydrogens is 253 g/mol. The zero-order valence-electron chi connectivity index (χ0n) is 7.26. The second kappa shape index (κ2) is 4.95. The van der Waals surface area contributed by atoms with Crippen molar-refractivity contribution in [3.8, 4) is 0 Å². The predicted molar refractivity (Wildman–Crippen MR) is 55.5 cm³/mol. The van der Waals surface area contributed by atoms with E-state index in [1.165, 1.54) is 12.1 Å². The third-order valence-corrected chi connectivity index (χ3v) is 2.05. The van der Waals surface area contributed by atoms with Gasteiger partial charge in [0.1, 0.15) is 5.82 Å². The van der Waals surface area contributed by atoms with Gasteiger partial charge in [-0.1, -0.05) is 22.0 Å². The summed E-state index contributed by atoms with van der Waals surface area (Å²) in [6.45, 7) is 0. The van der Waals surface area contributed by atoms with Crippen molar-refractivity contribution in [1.82, 2.24) is 0 Å². The summed E-state index contributed by atoms with van der Waals surface area (Å²) in [4.78, 5) is 10.2. The molecule has 2 N–H and O–H groups in total. The fourth-order valence-corrected chi connectivity index (χ4v) is 1.50. The number of carbonyl (C=O) groups is 1. The number of nitrogens with one attached hydrogen (secondary N) is 1. The van der Waals surface area contributed by atoms with Crippen LogP contribution in [0.15, 0.2) is 18.2 Å². The van der Waals surface area contributed by atoms with Crippen molar-refractivity contribution in [2.45, 2.75) is 6.42 Å². The molecule has 0 aliphatic heterocycles. The summed E-state index contributed by atoms with van der Waals surface area (Å²) in [6.07, 6.45) is -0.554. The molecule has 0 unspecified atom stereocenters. The molecule has 76 valence electrons. The quantitative estimate of drug-likeness (QED) is 0.823. The molecule has 0 aromatic heterocycles. The molecule has 0 aliphatic carbocycles. The molecule has 0 atom stereocenters. The molecule has 0 heterocycles. The van der Waals surface area contributed by atoms with Crippen LogP contribution in [0.4, 0.5) is 14.9 Å². The van der Waals surface area contributed by atoms with Crippen molar-refractivity contribution in [3.63, 3.8) is 0 Å².